The summed E-state index contributed by atoms with van der Waals surface area (Å²) in [7, 11) is 0. The molecule has 104 valence electrons. The number of benzene rings is 1. The summed E-state index contributed by atoms with van der Waals surface area (Å²) in [5, 5.41) is 0.245. The maximum atomic E-state index is 13.3. The highest BCUT2D eigenvalue weighted by atomic mass is 35.5. The van der Waals surface area contributed by atoms with Gasteiger partial charge in [0.2, 0.25) is 0 Å². The Morgan fingerprint density at radius 1 is 1.37 bits per heavy atom. The SMILES string of the molecule is Cl.N[C@@H]1C[C@H]2CC[C@@H]1N2C(=O)c1cc(F)cc(Cl)c1. The lowest BCUT2D eigenvalue weighted by atomic mass is 9.97. The van der Waals surface area contributed by atoms with E-state index in [0.717, 1.165) is 19.3 Å². The number of fused-ring (bicyclic) bond motifs is 2. The van der Waals surface area contributed by atoms with Crippen molar-refractivity contribution in [2.45, 2.75) is 37.4 Å². The van der Waals surface area contributed by atoms with Crippen LogP contribution in [0.2, 0.25) is 5.02 Å². The van der Waals surface area contributed by atoms with Crippen molar-refractivity contribution < 1.29 is 9.18 Å². The monoisotopic (exact) mass is 304 g/mol. The Kier molecular flexibility index (Phi) is 4.04. The Hall–Kier alpha value is -0.840. The smallest absolute Gasteiger partial charge is 0.254 e. The standard InChI is InChI=1S/C13H14ClFN2O.ClH/c14-8-3-7(4-9(15)5-8)13(18)17-10-1-2-12(17)11(16)6-10;/h3-5,10-12H,1-2,6,16H2;1H/t10-,11-,12+;/m1./s1. The number of nitrogens with two attached hydrogens (primary N) is 1. The molecule has 3 atom stereocenters. The van der Waals surface area contributed by atoms with Crippen molar-refractivity contribution in [3.05, 3.63) is 34.6 Å². The third-order valence-electron chi connectivity index (χ3n) is 3.93. The van der Waals surface area contributed by atoms with Crippen LogP contribution in [0.15, 0.2) is 18.2 Å². The van der Waals surface area contributed by atoms with Crippen molar-refractivity contribution in [3.8, 4) is 0 Å². The lowest BCUT2D eigenvalue weighted by Gasteiger charge is -2.23. The van der Waals surface area contributed by atoms with Gasteiger partial charge in [0, 0.05) is 28.7 Å². The Bertz CT molecular complexity index is 491. The highest BCUT2D eigenvalue weighted by molar-refractivity contribution is 6.31. The van der Waals surface area contributed by atoms with Gasteiger partial charge in [-0.25, -0.2) is 4.39 Å². The molecule has 2 heterocycles. The number of nitrogens with zero attached hydrogens (tertiary/aromatic N) is 1. The second kappa shape index (κ2) is 5.27. The lowest BCUT2D eigenvalue weighted by Crippen LogP contribution is -2.40. The molecular formula is C13H15Cl2FN2O. The van der Waals surface area contributed by atoms with E-state index in [4.69, 9.17) is 17.3 Å². The number of carbonyl (C=O) groups excluding carboxylic acids is 1. The second-order valence-corrected chi connectivity index (χ2v) is 5.51. The van der Waals surface area contributed by atoms with Gasteiger partial charge in [0.05, 0.1) is 0 Å². The minimum atomic E-state index is -0.485. The van der Waals surface area contributed by atoms with Crippen LogP contribution in [-0.4, -0.2) is 28.9 Å². The zero-order valence-electron chi connectivity index (χ0n) is 10.2. The van der Waals surface area contributed by atoms with Gasteiger partial charge in [-0.1, -0.05) is 11.6 Å². The Morgan fingerprint density at radius 2 is 2.11 bits per heavy atom. The van der Waals surface area contributed by atoms with Crippen molar-refractivity contribution >= 4 is 29.9 Å². The molecule has 3 rings (SSSR count). The summed E-state index contributed by atoms with van der Waals surface area (Å²) in [6.45, 7) is 0. The molecule has 0 radical (unpaired) electrons. The molecule has 2 N–H and O–H groups in total. The van der Waals surface area contributed by atoms with E-state index < -0.39 is 5.82 Å². The van der Waals surface area contributed by atoms with Crippen molar-refractivity contribution in [3.63, 3.8) is 0 Å². The minimum absolute atomic E-state index is 0. The third-order valence-corrected chi connectivity index (χ3v) is 4.15. The molecule has 2 saturated heterocycles. The molecule has 2 fully saturated rings. The highest BCUT2D eigenvalue weighted by Gasteiger charge is 2.47. The van der Waals surface area contributed by atoms with Gasteiger partial charge in [0.1, 0.15) is 5.82 Å². The summed E-state index contributed by atoms with van der Waals surface area (Å²) in [4.78, 5) is 14.2. The molecule has 2 aliphatic rings. The maximum absolute atomic E-state index is 13.3. The molecule has 0 aliphatic carbocycles. The fourth-order valence-electron chi connectivity index (χ4n) is 3.18. The van der Waals surface area contributed by atoms with Gasteiger partial charge in [-0.15, -0.1) is 12.4 Å². The molecule has 0 aromatic heterocycles. The van der Waals surface area contributed by atoms with E-state index in [-0.39, 0.29) is 41.5 Å². The van der Waals surface area contributed by atoms with E-state index in [0.29, 0.717) is 5.56 Å². The van der Waals surface area contributed by atoms with Crippen LogP contribution in [0.1, 0.15) is 29.6 Å². The molecule has 1 aromatic carbocycles. The topological polar surface area (TPSA) is 46.3 Å². The van der Waals surface area contributed by atoms with E-state index >= 15 is 0 Å². The molecule has 19 heavy (non-hydrogen) atoms. The summed E-state index contributed by atoms with van der Waals surface area (Å²) in [5.74, 6) is -0.640. The summed E-state index contributed by atoms with van der Waals surface area (Å²) >= 11 is 5.78. The van der Waals surface area contributed by atoms with Gasteiger partial charge in [-0.3, -0.25) is 4.79 Å². The highest BCUT2D eigenvalue weighted by Crippen LogP contribution is 2.38. The molecule has 1 amide bonds. The van der Waals surface area contributed by atoms with Crippen LogP contribution in [0.25, 0.3) is 0 Å². The van der Waals surface area contributed by atoms with Gasteiger partial charge in [0.25, 0.3) is 5.91 Å². The molecular weight excluding hydrogens is 290 g/mol. The maximum Gasteiger partial charge on any atom is 0.254 e. The first kappa shape index (κ1) is 14.6. The molecule has 6 heteroatoms. The fourth-order valence-corrected chi connectivity index (χ4v) is 3.40. The largest absolute Gasteiger partial charge is 0.331 e. The minimum Gasteiger partial charge on any atom is -0.331 e. The Labute approximate surface area is 122 Å². The average Bonchev–Trinajstić information content (AvgIpc) is 2.83. The molecule has 1 aromatic rings. The number of rotatable bonds is 1. The van der Waals surface area contributed by atoms with Crippen molar-refractivity contribution in [1.29, 1.82) is 0 Å². The van der Waals surface area contributed by atoms with Gasteiger partial charge in [0.15, 0.2) is 0 Å². The predicted molar refractivity (Wildman–Crippen MR) is 74.2 cm³/mol. The summed E-state index contributed by atoms with van der Waals surface area (Å²) in [5.41, 5.74) is 6.30. The van der Waals surface area contributed by atoms with Crippen LogP contribution in [0.3, 0.4) is 0 Å². The summed E-state index contributed by atoms with van der Waals surface area (Å²) in [6.07, 6.45) is 2.78. The number of carbonyl (C=O) groups is 1. The molecule has 2 aliphatic heterocycles. The van der Waals surface area contributed by atoms with Crippen LogP contribution in [0.5, 0.6) is 0 Å². The second-order valence-electron chi connectivity index (χ2n) is 5.07. The summed E-state index contributed by atoms with van der Waals surface area (Å²) < 4.78 is 13.3. The van der Waals surface area contributed by atoms with Gasteiger partial charge in [-0.05, 0) is 37.5 Å². The van der Waals surface area contributed by atoms with E-state index in [2.05, 4.69) is 0 Å². The third kappa shape index (κ3) is 2.45. The molecule has 0 spiro atoms. The predicted octanol–water partition coefficient (Wildman–Crippen LogP) is 2.61. The molecule has 0 unspecified atom stereocenters. The van der Waals surface area contributed by atoms with E-state index in [1.165, 1.54) is 18.2 Å². The average molecular weight is 305 g/mol. The number of hydrogen-bond donors (Lipinski definition) is 1. The number of amides is 1. The first-order valence-corrected chi connectivity index (χ1v) is 6.48. The van der Waals surface area contributed by atoms with Crippen LogP contribution in [0, 0.1) is 5.82 Å². The molecule has 0 saturated carbocycles. The first-order valence-electron chi connectivity index (χ1n) is 6.10. The van der Waals surface area contributed by atoms with Crippen molar-refractivity contribution in [2.75, 3.05) is 0 Å². The van der Waals surface area contributed by atoms with Crippen LogP contribution >= 0.6 is 24.0 Å². The first-order chi connectivity index (χ1) is 8.56. The van der Waals surface area contributed by atoms with Crippen molar-refractivity contribution in [2.24, 2.45) is 5.73 Å². The van der Waals surface area contributed by atoms with E-state index in [1.807, 2.05) is 4.90 Å². The normalized spacial score (nSPS) is 28.4. The fraction of sp³-hybridized carbons (Fsp3) is 0.462. The zero-order valence-corrected chi connectivity index (χ0v) is 11.8. The Morgan fingerprint density at radius 3 is 2.63 bits per heavy atom. The number of hydrogen-bond acceptors (Lipinski definition) is 2. The van der Waals surface area contributed by atoms with Gasteiger partial charge < -0.3 is 10.6 Å². The van der Waals surface area contributed by atoms with E-state index in [9.17, 15) is 9.18 Å². The van der Waals surface area contributed by atoms with Crippen LogP contribution in [-0.2, 0) is 0 Å². The van der Waals surface area contributed by atoms with Crippen LogP contribution < -0.4 is 5.73 Å². The number of halogens is 3. The van der Waals surface area contributed by atoms with Gasteiger partial charge >= 0.3 is 0 Å². The lowest BCUT2D eigenvalue weighted by molar-refractivity contribution is 0.0726. The van der Waals surface area contributed by atoms with Gasteiger partial charge in [-0.2, -0.15) is 0 Å². The summed E-state index contributed by atoms with van der Waals surface area (Å²) in [6, 6.07) is 4.30. The molecule has 3 nitrogen and oxygen atoms in total. The van der Waals surface area contributed by atoms with Crippen molar-refractivity contribution in [1.82, 2.24) is 4.90 Å². The van der Waals surface area contributed by atoms with Crippen LogP contribution in [0.4, 0.5) is 4.39 Å². The zero-order chi connectivity index (χ0) is 12.9. The quantitative estimate of drug-likeness (QED) is 0.867. The Balaban J connectivity index is 0.00000133. The van der Waals surface area contributed by atoms with E-state index in [1.54, 1.807) is 0 Å². The molecule has 2 bridgehead atoms.